The number of piperidine rings is 1. The minimum Gasteiger partial charge on any atom is -0.350 e. The van der Waals surface area contributed by atoms with Crippen molar-refractivity contribution in [2.75, 3.05) is 13.1 Å². The van der Waals surface area contributed by atoms with Crippen LogP contribution in [0.5, 0.6) is 0 Å². The van der Waals surface area contributed by atoms with E-state index in [-0.39, 0.29) is 29.5 Å². The van der Waals surface area contributed by atoms with Gasteiger partial charge in [-0.25, -0.2) is 4.98 Å². The number of hydrazine groups is 1. The molecule has 8 nitrogen and oxygen atoms in total. The number of aromatic nitrogens is 2. The molecule has 3 aliphatic heterocycles. The van der Waals surface area contributed by atoms with Crippen molar-refractivity contribution in [1.29, 1.82) is 0 Å². The van der Waals surface area contributed by atoms with Gasteiger partial charge in [0.1, 0.15) is 0 Å². The normalized spacial score (nSPS) is 37.6. The van der Waals surface area contributed by atoms with Crippen LogP contribution >= 0.6 is 0 Å². The van der Waals surface area contributed by atoms with Crippen LogP contribution in [0.4, 0.5) is 0 Å². The minimum atomic E-state index is -0.425. The summed E-state index contributed by atoms with van der Waals surface area (Å²) in [6.45, 7) is 3.51. The molecule has 4 N–H and O–H groups in total. The van der Waals surface area contributed by atoms with Crippen LogP contribution in [0.3, 0.4) is 0 Å². The van der Waals surface area contributed by atoms with E-state index in [9.17, 15) is 9.59 Å². The van der Waals surface area contributed by atoms with E-state index in [0.29, 0.717) is 12.6 Å². The number of carbonyl (C=O) groups is 1. The lowest BCUT2D eigenvalue weighted by Gasteiger charge is -2.48. The molecule has 3 aliphatic rings. The van der Waals surface area contributed by atoms with E-state index in [0.717, 1.165) is 45.1 Å². The second-order valence-corrected chi connectivity index (χ2v) is 8.30. The van der Waals surface area contributed by atoms with Crippen molar-refractivity contribution >= 4 is 5.91 Å². The molecule has 0 saturated carbocycles. The molecule has 0 aliphatic carbocycles. The van der Waals surface area contributed by atoms with Gasteiger partial charge in [-0.2, -0.15) is 0 Å². The largest absolute Gasteiger partial charge is 0.350 e. The van der Waals surface area contributed by atoms with Gasteiger partial charge in [0.2, 0.25) is 5.91 Å². The average Bonchev–Trinajstić information content (AvgIpc) is 3.13. The zero-order valence-corrected chi connectivity index (χ0v) is 15.9. The maximum Gasteiger partial charge on any atom is 0.253 e. The zero-order chi connectivity index (χ0) is 18.9. The van der Waals surface area contributed by atoms with Gasteiger partial charge in [0.15, 0.2) is 0 Å². The van der Waals surface area contributed by atoms with Gasteiger partial charge in [-0.05, 0) is 32.2 Å². The topological polar surface area (TPSA) is 100 Å². The third-order valence-electron chi connectivity index (χ3n) is 6.57. The van der Waals surface area contributed by atoms with Crippen LogP contribution in [-0.4, -0.2) is 46.7 Å². The van der Waals surface area contributed by atoms with Crippen LogP contribution in [0.15, 0.2) is 23.4 Å². The molecule has 1 aromatic heterocycles. The summed E-state index contributed by atoms with van der Waals surface area (Å²) in [5.74, 6) is 0.116. The van der Waals surface area contributed by atoms with Gasteiger partial charge >= 0.3 is 0 Å². The number of fused-ring (bicyclic) bond motifs is 4. The van der Waals surface area contributed by atoms with Crippen LogP contribution in [0, 0.1) is 5.92 Å². The second kappa shape index (κ2) is 7.69. The van der Waals surface area contributed by atoms with Crippen LogP contribution in [0.2, 0.25) is 0 Å². The Kier molecular flexibility index (Phi) is 5.29. The van der Waals surface area contributed by atoms with Gasteiger partial charge in [0.05, 0.1) is 23.9 Å². The van der Waals surface area contributed by atoms with E-state index >= 15 is 0 Å². The minimum absolute atomic E-state index is 0.00976. The first-order valence-electron chi connectivity index (χ1n) is 10.2. The Morgan fingerprint density at radius 3 is 2.96 bits per heavy atom. The van der Waals surface area contributed by atoms with E-state index in [2.05, 4.69) is 26.5 Å². The second-order valence-electron chi connectivity index (χ2n) is 8.30. The van der Waals surface area contributed by atoms with Crippen LogP contribution in [0.1, 0.15) is 45.4 Å². The fourth-order valence-electron chi connectivity index (χ4n) is 5.07. The Labute approximate surface area is 159 Å². The zero-order valence-electron chi connectivity index (χ0n) is 15.9. The molecule has 1 amide bonds. The predicted octanol–water partition coefficient (Wildman–Crippen LogP) is -0.138. The number of rotatable bonds is 1. The molecule has 0 radical (unpaired) electrons. The fourth-order valence-corrected chi connectivity index (χ4v) is 5.07. The summed E-state index contributed by atoms with van der Waals surface area (Å²) >= 11 is 0. The molecule has 0 aromatic carbocycles. The van der Waals surface area contributed by atoms with Crippen molar-refractivity contribution < 1.29 is 4.79 Å². The summed E-state index contributed by atoms with van der Waals surface area (Å²) in [6.07, 6.45) is 9.00. The van der Waals surface area contributed by atoms with Crippen molar-refractivity contribution in [1.82, 2.24) is 31.0 Å². The number of amides is 1. The number of hydrogen-bond donors (Lipinski definition) is 4. The van der Waals surface area contributed by atoms with Crippen LogP contribution < -0.4 is 27.0 Å². The van der Waals surface area contributed by atoms with Crippen molar-refractivity contribution in [3.8, 4) is 0 Å². The van der Waals surface area contributed by atoms with E-state index in [1.807, 2.05) is 6.92 Å². The molecular weight excluding hydrogens is 344 g/mol. The summed E-state index contributed by atoms with van der Waals surface area (Å²) in [5, 5.41) is 6.89. The van der Waals surface area contributed by atoms with Crippen molar-refractivity contribution in [3.63, 3.8) is 0 Å². The SMILES string of the molecule is CC1CCCCC2CC(n3cnccc3=O)(CCN2)C2NNCC2NC1=O. The summed E-state index contributed by atoms with van der Waals surface area (Å²) in [7, 11) is 0. The highest BCUT2D eigenvalue weighted by Crippen LogP contribution is 2.36. The quantitative estimate of drug-likeness (QED) is 0.546. The van der Waals surface area contributed by atoms with Gasteiger partial charge < -0.3 is 10.6 Å². The lowest BCUT2D eigenvalue weighted by Crippen LogP contribution is -2.65. The molecule has 5 atom stereocenters. The number of carbonyl (C=O) groups excluding carboxylic acids is 1. The van der Waals surface area contributed by atoms with Gasteiger partial charge in [-0.3, -0.25) is 25.0 Å². The predicted molar refractivity (Wildman–Crippen MR) is 102 cm³/mol. The molecular formula is C19H30N6O2. The summed E-state index contributed by atoms with van der Waals surface area (Å²) < 4.78 is 1.81. The first-order valence-corrected chi connectivity index (χ1v) is 10.2. The molecule has 3 saturated heterocycles. The molecule has 148 valence electrons. The lowest BCUT2D eigenvalue weighted by molar-refractivity contribution is -0.125. The monoisotopic (exact) mass is 374 g/mol. The summed E-state index contributed by atoms with van der Waals surface area (Å²) in [5.41, 5.74) is 6.15. The Balaban J connectivity index is 1.76. The maximum absolute atomic E-state index is 12.8. The van der Waals surface area contributed by atoms with E-state index in [4.69, 9.17) is 0 Å². The molecule has 4 heterocycles. The summed E-state index contributed by atoms with van der Waals surface area (Å²) in [6, 6.07) is 1.75. The van der Waals surface area contributed by atoms with E-state index in [1.165, 1.54) is 6.07 Å². The van der Waals surface area contributed by atoms with Crippen LogP contribution in [-0.2, 0) is 10.3 Å². The lowest BCUT2D eigenvalue weighted by atomic mass is 9.74. The van der Waals surface area contributed by atoms with Crippen molar-refractivity contribution in [2.24, 2.45) is 5.92 Å². The third-order valence-corrected chi connectivity index (χ3v) is 6.57. The first-order chi connectivity index (χ1) is 13.1. The molecule has 27 heavy (non-hydrogen) atoms. The smallest absolute Gasteiger partial charge is 0.253 e. The highest BCUT2D eigenvalue weighted by molar-refractivity contribution is 5.78. The van der Waals surface area contributed by atoms with Crippen LogP contribution in [0.25, 0.3) is 0 Å². The standard InChI is InChI=1S/C19H30N6O2/c1-13-4-2-3-5-14-10-19(7-9-21-14,25-12-20-8-6-16(25)26)17-15(11-22-24-17)23-18(13)27/h6,8,12-15,17,21-22,24H,2-5,7,9-11H2,1H3,(H,23,27). The maximum atomic E-state index is 12.8. The molecule has 5 unspecified atom stereocenters. The number of nitrogens with one attached hydrogen (secondary N) is 4. The highest BCUT2D eigenvalue weighted by Gasteiger charge is 2.50. The van der Waals surface area contributed by atoms with E-state index < -0.39 is 5.54 Å². The van der Waals surface area contributed by atoms with Crippen molar-refractivity contribution in [2.45, 2.75) is 69.1 Å². The molecule has 0 spiro atoms. The Morgan fingerprint density at radius 2 is 2.11 bits per heavy atom. The first kappa shape index (κ1) is 18.6. The Bertz CT molecular complexity index is 737. The van der Waals surface area contributed by atoms with Gasteiger partial charge in [0.25, 0.3) is 5.56 Å². The average molecular weight is 374 g/mol. The molecule has 4 rings (SSSR count). The molecule has 3 fully saturated rings. The number of hydrogen-bond acceptors (Lipinski definition) is 6. The van der Waals surface area contributed by atoms with Gasteiger partial charge in [0, 0.05) is 30.8 Å². The molecule has 8 heteroatoms. The molecule has 1 aromatic rings. The Hall–Kier alpha value is -1.77. The van der Waals surface area contributed by atoms with E-state index in [1.54, 1.807) is 17.1 Å². The highest BCUT2D eigenvalue weighted by atomic mass is 16.2. The summed E-state index contributed by atoms with van der Waals surface area (Å²) in [4.78, 5) is 29.7. The number of nitrogens with zero attached hydrogens (tertiary/aromatic N) is 2. The van der Waals surface area contributed by atoms with Gasteiger partial charge in [-0.1, -0.05) is 19.8 Å². The third kappa shape index (κ3) is 3.53. The van der Waals surface area contributed by atoms with Crippen molar-refractivity contribution in [3.05, 3.63) is 28.9 Å². The Morgan fingerprint density at radius 1 is 1.26 bits per heavy atom. The fraction of sp³-hybridized carbons (Fsp3) is 0.737. The molecule has 2 bridgehead atoms. The van der Waals surface area contributed by atoms with Gasteiger partial charge in [-0.15, -0.1) is 0 Å².